The van der Waals surface area contributed by atoms with Crippen LogP contribution in [-0.4, -0.2) is 35.1 Å². The molecule has 4 heteroatoms. The van der Waals surface area contributed by atoms with Crippen LogP contribution in [0.2, 0.25) is 0 Å². The van der Waals surface area contributed by atoms with E-state index in [9.17, 15) is 0 Å². The molecular weight excluding hydrogens is 288 g/mol. The zero-order valence-electron chi connectivity index (χ0n) is 14.8. The largest absolute Gasteiger partial charge is 0.396 e. The summed E-state index contributed by atoms with van der Waals surface area (Å²) in [6.07, 6.45) is 2.28. The second kappa shape index (κ2) is 31.8. The van der Waals surface area contributed by atoms with E-state index in [2.05, 4.69) is 13.8 Å². The predicted octanol–water partition coefficient (Wildman–Crippen LogP) is 3.52. The molecule has 0 spiro atoms. The molecule has 0 aromatic rings. The van der Waals surface area contributed by atoms with Gasteiger partial charge in [-0.3, -0.25) is 0 Å². The number of rotatable bonds is 4. The van der Waals surface area contributed by atoms with Gasteiger partial charge in [0, 0.05) is 41.5 Å². The molecule has 0 atom stereocenters. The van der Waals surface area contributed by atoms with Gasteiger partial charge in [-0.25, -0.2) is 0 Å². The van der Waals surface area contributed by atoms with Gasteiger partial charge in [0.25, 0.3) is 0 Å². The van der Waals surface area contributed by atoms with Crippen molar-refractivity contribution in [3.8, 4) is 0 Å². The Morgan fingerprint density at radius 2 is 0.800 bits per heavy atom. The van der Waals surface area contributed by atoms with Gasteiger partial charge in [-0.1, -0.05) is 54.9 Å². The van der Waals surface area contributed by atoms with Crippen molar-refractivity contribution < 1.29 is 37.0 Å². The van der Waals surface area contributed by atoms with E-state index in [0.29, 0.717) is 37.6 Å². The van der Waals surface area contributed by atoms with E-state index in [1.165, 1.54) is 6.42 Å². The Labute approximate surface area is 143 Å². The fourth-order valence-corrected chi connectivity index (χ4v) is 0. The summed E-state index contributed by atoms with van der Waals surface area (Å²) >= 11 is 0. The third-order valence-electron chi connectivity index (χ3n) is 1.45. The molecule has 0 aromatic carbocycles. The quantitative estimate of drug-likeness (QED) is 0.547. The van der Waals surface area contributed by atoms with E-state index >= 15 is 0 Å². The summed E-state index contributed by atoms with van der Waals surface area (Å²) in [5, 5.41) is 24.4. The first-order valence-electron chi connectivity index (χ1n) is 7.34. The number of unbranched alkanes of at least 4 members (excludes halogenated alkanes) is 1. The Kier molecular flexibility index (Phi) is 51.7. The van der Waals surface area contributed by atoms with Crippen LogP contribution in [0.25, 0.3) is 0 Å². The summed E-state index contributed by atoms with van der Waals surface area (Å²) in [4.78, 5) is 0. The van der Waals surface area contributed by atoms with Crippen LogP contribution in [0, 0.1) is 24.7 Å². The summed E-state index contributed by atoms with van der Waals surface area (Å²) in [7, 11) is 0. The average molecular weight is 327 g/mol. The van der Waals surface area contributed by atoms with Gasteiger partial charge in [0.05, 0.1) is 0 Å². The van der Waals surface area contributed by atoms with Crippen molar-refractivity contribution >= 4 is 0 Å². The van der Waals surface area contributed by atoms with Gasteiger partial charge in [-0.2, -0.15) is 6.42 Å². The van der Waals surface area contributed by atoms with Crippen LogP contribution in [0.4, 0.5) is 0 Å². The molecule has 3 N–H and O–H groups in total. The molecule has 0 aliphatic heterocycles. The zero-order chi connectivity index (χ0) is 16.3. The van der Waals surface area contributed by atoms with E-state index in [4.69, 9.17) is 15.3 Å². The van der Waals surface area contributed by atoms with E-state index in [1.807, 2.05) is 41.5 Å². The molecule has 20 heavy (non-hydrogen) atoms. The van der Waals surface area contributed by atoms with Gasteiger partial charge in [-0.05, 0) is 17.8 Å². The molecule has 0 bridgehead atoms. The van der Waals surface area contributed by atoms with Crippen molar-refractivity contribution in [2.45, 2.75) is 61.3 Å². The maximum absolute atomic E-state index is 8.14. The Bertz CT molecular complexity index is 97.3. The first kappa shape index (κ1) is 32.5. The third kappa shape index (κ3) is 99.8. The first-order chi connectivity index (χ1) is 8.72. The van der Waals surface area contributed by atoms with Crippen LogP contribution >= 0.6 is 0 Å². The molecule has 0 unspecified atom stereocenters. The van der Waals surface area contributed by atoms with Crippen molar-refractivity contribution in [1.29, 1.82) is 0 Å². The zero-order valence-corrected chi connectivity index (χ0v) is 16.4. The van der Waals surface area contributed by atoms with Crippen LogP contribution < -0.4 is 0 Å². The maximum Gasteiger partial charge on any atom is 0.0453 e. The van der Waals surface area contributed by atoms with Gasteiger partial charge in [0.15, 0.2) is 0 Å². The van der Waals surface area contributed by atoms with Crippen LogP contribution in [0.5, 0.6) is 0 Å². The second-order valence-electron chi connectivity index (χ2n) is 5.58. The molecule has 0 heterocycles. The Morgan fingerprint density at radius 1 is 0.700 bits per heavy atom. The van der Waals surface area contributed by atoms with Crippen molar-refractivity contribution in [2.75, 3.05) is 19.8 Å². The Morgan fingerprint density at radius 3 is 0.800 bits per heavy atom. The minimum atomic E-state index is 0. The fraction of sp³-hybridized carbons (Fsp3) is 0.938. The minimum absolute atomic E-state index is 0. The van der Waals surface area contributed by atoms with Gasteiger partial charge in [-0.15, -0.1) is 0 Å². The summed E-state index contributed by atoms with van der Waals surface area (Å²) in [5.74, 6) is 1.32. The normalized spacial score (nSPS) is 8.70. The van der Waals surface area contributed by atoms with Crippen molar-refractivity contribution in [2.24, 2.45) is 17.8 Å². The van der Waals surface area contributed by atoms with Crippen molar-refractivity contribution in [1.82, 2.24) is 0 Å². The molecule has 0 fully saturated rings. The van der Waals surface area contributed by atoms with Crippen LogP contribution in [0.15, 0.2) is 0 Å². The molecule has 0 aliphatic rings. The third-order valence-corrected chi connectivity index (χ3v) is 1.45. The van der Waals surface area contributed by atoms with Gasteiger partial charge >= 0.3 is 0 Å². The van der Waals surface area contributed by atoms with E-state index in [-0.39, 0.29) is 21.7 Å². The molecule has 0 aromatic heterocycles. The minimum Gasteiger partial charge on any atom is -0.396 e. The summed E-state index contributed by atoms with van der Waals surface area (Å²) < 4.78 is 0. The second-order valence-corrected chi connectivity index (χ2v) is 5.58. The molecule has 0 radical (unpaired) electrons. The smallest absolute Gasteiger partial charge is 0.0453 e. The SMILES string of the molecule is CC(C)CO.CC(C)CO.CC(C)CO.[CH2-]CCC.[Ti]. The molecular formula is C16H39O3Ti-. The van der Waals surface area contributed by atoms with Gasteiger partial charge in [0.2, 0.25) is 0 Å². The number of hydrogen-bond donors (Lipinski definition) is 3. The molecule has 0 aliphatic carbocycles. The maximum atomic E-state index is 8.14. The first-order valence-corrected chi connectivity index (χ1v) is 7.34. The fourth-order valence-electron chi connectivity index (χ4n) is 0. The van der Waals surface area contributed by atoms with Crippen LogP contribution in [0.1, 0.15) is 61.3 Å². The number of aliphatic hydroxyl groups excluding tert-OH is 3. The molecule has 3 nitrogen and oxygen atoms in total. The Balaban J connectivity index is -0.0000000494. The molecule has 0 saturated heterocycles. The topological polar surface area (TPSA) is 60.7 Å². The summed E-state index contributed by atoms with van der Waals surface area (Å²) in [5.41, 5.74) is 0. The molecule has 0 rings (SSSR count). The number of hydrogen-bond acceptors (Lipinski definition) is 3. The predicted molar refractivity (Wildman–Crippen MR) is 86.0 cm³/mol. The van der Waals surface area contributed by atoms with Crippen molar-refractivity contribution in [3.05, 3.63) is 6.92 Å². The molecule has 0 amide bonds. The van der Waals surface area contributed by atoms with Gasteiger partial charge in [0.1, 0.15) is 0 Å². The van der Waals surface area contributed by atoms with Gasteiger partial charge < -0.3 is 22.2 Å². The number of aliphatic hydroxyl groups is 3. The Hall–Kier alpha value is 0.594. The van der Waals surface area contributed by atoms with E-state index < -0.39 is 0 Å². The summed E-state index contributed by atoms with van der Waals surface area (Å²) in [6.45, 7) is 18.5. The van der Waals surface area contributed by atoms with E-state index in [1.54, 1.807) is 0 Å². The summed E-state index contributed by atoms with van der Waals surface area (Å²) in [6, 6.07) is 0. The molecule has 126 valence electrons. The van der Waals surface area contributed by atoms with E-state index in [0.717, 1.165) is 6.42 Å². The van der Waals surface area contributed by atoms with Crippen LogP contribution in [-0.2, 0) is 21.7 Å². The monoisotopic (exact) mass is 327 g/mol. The standard InChI is InChI=1S/3C4H10O.C4H9.Ti/c3*1-4(2)3-5;1-3-4-2;/h3*4-5H,3H2,1-2H3;1,3-4H2,2H3;/q;;;-1;. The van der Waals surface area contributed by atoms with Crippen LogP contribution in [0.3, 0.4) is 0 Å². The average Bonchev–Trinajstić information content (AvgIpc) is 2.40. The molecule has 0 saturated carbocycles. The van der Waals surface area contributed by atoms with Crippen molar-refractivity contribution in [3.63, 3.8) is 0 Å².